The second kappa shape index (κ2) is 5.93. The quantitative estimate of drug-likeness (QED) is 0.879. The Morgan fingerprint density at radius 1 is 1.26 bits per heavy atom. The van der Waals surface area contributed by atoms with E-state index in [0.717, 1.165) is 24.8 Å². The molecule has 3 fully saturated rings. The zero-order chi connectivity index (χ0) is 13.1. The van der Waals surface area contributed by atoms with Gasteiger partial charge in [-0.25, -0.2) is 0 Å². The summed E-state index contributed by atoms with van der Waals surface area (Å²) < 4.78 is 5.69. The molecule has 0 spiro atoms. The van der Waals surface area contributed by atoms with Crippen LogP contribution in [0.4, 0.5) is 0 Å². The van der Waals surface area contributed by atoms with Gasteiger partial charge in [0.25, 0.3) is 0 Å². The smallest absolute Gasteiger partial charge is 0.123 e. The number of benzene rings is 1. The highest BCUT2D eigenvalue weighted by Crippen LogP contribution is 2.28. The van der Waals surface area contributed by atoms with Crippen LogP contribution in [0.25, 0.3) is 0 Å². The van der Waals surface area contributed by atoms with Crippen LogP contribution in [0.15, 0.2) is 24.3 Å². The zero-order valence-corrected chi connectivity index (χ0v) is 11.8. The lowest BCUT2D eigenvalue weighted by molar-refractivity contribution is 0.0719. The van der Waals surface area contributed by atoms with Gasteiger partial charge < -0.3 is 15.0 Å². The summed E-state index contributed by atoms with van der Waals surface area (Å²) in [6.45, 7) is 7.53. The Labute approximate surface area is 115 Å². The van der Waals surface area contributed by atoms with Crippen LogP contribution < -0.4 is 10.1 Å². The molecule has 3 nitrogen and oxygen atoms in total. The predicted octanol–water partition coefficient (Wildman–Crippen LogP) is 2.27. The molecule has 3 heterocycles. The Morgan fingerprint density at radius 3 is 2.74 bits per heavy atom. The fourth-order valence-electron chi connectivity index (χ4n) is 3.38. The number of nitrogens with zero attached hydrogens (tertiary/aromatic N) is 1. The molecule has 0 radical (unpaired) electrons. The molecule has 3 heteroatoms. The molecule has 0 amide bonds. The van der Waals surface area contributed by atoms with Gasteiger partial charge in [-0.2, -0.15) is 0 Å². The molecule has 19 heavy (non-hydrogen) atoms. The molecule has 1 N–H and O–H groups in total. The van der Waals surface area contributed by atoms with Crippen molar-refractivity contribution in [2.45, 2.75) is 32.4 Å². The normalized spacial score (nSPS) is 29.4. The SMILES string of the molecule is CCOc1ccccc1CNC1CN2CCC1CC2. The summed E-state index contributed by atoms with van der Waals surface area (Å²) in [6.07, 6.45) is 2.73. The number of nitrogens with one attached hydrogen (secondary N) is 1. The van der Waals surface area contributed by atoms with Gasteiger partial charge in [-0.1, -0.05) is 18.2 Å². The van der Waals surface area contributed by atoms with Gasteiger partial charge in [-0.3, -0.25) is 0 Å². The lowest BCUT2D eigenvalue weighted by atomic mass is 9.84. The van der Waals surface area contributed by atoms with Crippen molar-refractivity contribution in [2.24, 2.45) is 5.92 Å². The van der Waals surface area contributed by atoms with Crippen LogP contribution in [-0.4, -0.2) is 37.2 Å². The first-order chi connectivity index (χ1) is 9.36. The molecule has 0 saturated carbocycles. The lowest BCUT2D eigenvalue weighted by Gasteiger charge is -2.45. The maximum Gasteiger partial charge on any atom is 0.123 e. The topological polar surface area (TPSA) is 24.5 Å². The van der Waals surface area contributed by atoms with E-state index in [4.69, 9.17) is 4.74 Å². The van der Waals surface area contributed by atoms with Crippen LogP contribution in [0.1, 0.15) is 25.3 Å². The molecule has 0 aromatic heterocycles. The van der Waals surface area contributed by atoms with Crippen molar-refractivity contribution < 1.29 is 4.74 Å². The molecule has 2 bridgehead atoms. The molecule has 1 aromatic carbocycles. The maximum atomic E-state index is 5.69. The first kappa shape index (κ1) is 12.9. The predicted molar refractivity (Wildman–Crippen MR) is 77.4 cm³/mol. The number of piperidine rings is 3. The first-order valence-corrected chi connectivity index (χ1v) is 7.53. The standard InChI is InChI=1S/C16H24N2O/c1-2-19-16-6-4-3-5-14(16)11-17-15-12-18-9-7-13(15)8-10-18/h3-6,13,15,17H,2,7-12H2,1H3. The van der Waals surface area contributed by atoms with E-state index in [1.165, 1.54) is 38.0 Å². The van der Waals surface area contributed by atoms with Crippen molar-refractivity contribution in [3.63, 3.8) is 0 Å². The minimum absolute atomic E-state index is 0.664. The highest BCUT2D eigenvalue weighted by molar-refractivity contribution is 5.33. The summed E-state index contributed by atoms with van der Waals surface area (Å²) in [5.41, 5.74) is 1.28. The van der Waals surface area contributed by atoms with Gasteiger partial charge in [0.2, 0.25) is 0 Å². The minimum atomic E-state index is 0.664. The van der Waals surface area contributed by atoms with Crippen molar-refractivity contribution >= 4 is 0 Å². The Morgan fingerprint density at radius 2 is 2.05 bits per heavy atom. The third kappa shape index (κ3) is 2.93. The van der Waals surface area contributed by atoms with E-state index in [0.29, 0.717) is 6.04 Å². The second-order valence-corrected chi connectivity index (χ2v) is 5.67. The van der Waals surface area contributed by atoms with Gasteiger partial charge in [0.15, 0.2) is 0 Å². The molecular weight excluding hydrogens is 236 g/mol. The Hall–Kier alpha value is -1.06. The van der Waals surface area contributed by atoms with E-state index in [1.54, 1.807) is 0 Å². The third-order valence-electron chi connectivity index (χ3n) is 4.48. The summed E-state index contributed by atoms with van der Waals surface area (Å²) in [5, 5.41) is 3.75. The van der Waals surface area contributed by atoms with Gasteiger partial charge >= 0.3 is 0 Å². The van der Waals surface area contributed by atoms with E-state index < -0.39 is 0 Å². The van der Waals surface area contributed by atoms with Crippen molar-refractivity contribution in [1.29, 1.82) is 0 Å². The zero-order valence-electron chi connectivity index (χ0n) is 11.8. The van der Waals surface area contributed by atoms with E-state index in [9.17, 15) is 0 Å². The average Bonchev–Trinajstić information content (AvgIpc) is 2.48. The Bertz CT molecular complexity index is 413. The number of hydrogen-bond donors (Lipinski definition) is 1. The maximum absolute atomic E-state index is 5.69. The highest BCUT2D eigenvalue weighted by atomic mass is 16.5. The number of para-hydroxylation sites is 1. The molecule has 4 rings (SSSR count). The van der Waals surface area contributed by atoms with Crippen LogP contribution in [0, 0.1) is 5.92 Å². The molecule has 3 aliphatic rings. The summed E-state index contributed by atoms with van der Waals surface area (Å²) in [5.74, 6) is 1.91. The van der Waals surface area contributed by atoms with Gasteiger partial charge in [0, 0.05) is 24.7 Å². The minimum Gasteiger partial charge on any atom is -0.494 e. The van der Waals surface area contributed by atoms with E-state index in [-0.39, 0.29) is 0 Å². The highest BCUT2D eigenvalue weighted by Gasteiger charge is 2.33. The van der Waals surface area contributed by atoms with Gasteiger partial charge in [-0.05, 0) is 44.8 Å². The van der Waals surface area contributed by atoms with Crippen molar-refractivity contribution in [3.05, 3.63) is 29.8 Å². The number of ether oxygens (including phenoxy) is 1. The van der Waals surface area contributed by atoms with Crippen LogP contribution in [0.5, 0.6) is 5.75 Å². The van der Waals surface area contributed by atoms with Crippen LogP contribution in [0.2, 0.25) is 0 Å². The Balaban J connectivity index is 1.60. The molecular formula is C16H24N2O. The summed E-state index contributed by atoms with van der Waals surface area (Å²) in [4.78, 5) is 2.59. The lowest BCUT2D eigenvalue weighted by Crippen LogP contribution is -2.55. The first-order valence-electron chi connectivity index (χ1n) is 7.53. The molecule has 1 aromatic rings. The monoisotopic (exact) mass is 260 g/mol. The van der Waals surface area contributed by atoms with Gasteiger partial charge in [-0.15, -0.1) is 0 Å². The van der Waals surface area contributed by atoms with Crippen molar-refractivity contribution in [1.82, 2.24) is 10.2 Å². The van der Waals surface area contributed by atoms with E-state index in [2.05, 4.69) is 28.4 Å². The van der Waals surface area contributed by atoms with Crippen molar-refractivity contribution in [2.75, 3.05) is 26.2 Å². The van der Waals surface area contributed by atoms with Crippen LogP contribution in [0.3, 0.4) is 0 Å². The van der Waals surface area contributed by atoms with Crippen molar-refractivity contribution in [3.8, 4) is 5.75 Å². The van der Waals surface area contributed by atoms with E-state index in [1.807, 2.05) is 13.0 Å². The van der Waals surface area contributed by atoms with Gasteiger partial charge in [0.05, 0.1) is 6.61 Å². The fraction of sp³-hybridized carbons (Fsp3) is 0.625. The number of rotatable bonds is 5. The summed E-state index contributed by atoms with van der Waals surface area (Å²) >= 11 is 0. The third-order valence-corrected chi connectivity index (χ3v) is 4.48. The number of hydrogen-bond acceptors (Lipinski definition) is 3. The molecule has 1 unspecified atom stereocenters. The number of fused-ring (bicyclic) bond motifs is 3. The Kier molecular flexibility index (Phi) is 4.04. The van der Waals surface area contributed by atoms with Gasteiger partial charge in [0.1, 0.15) is 5.75 Å². The molecule has 3 saturated heterocycles. The molecule has 0 aliphatic carbocycles. The van der Waals surface area contributed by atoms with E-state index >= 15 is 0 Å². The molecule has 104 valence electrons. The molecule has 3 aliphatic heterocycles. The largest absolute Gasteiger partial charge is 0.494 e. The summed E-state index contributed by atoms with van der Waals surface area (Å²) in [6, 6.07) is 9.03. The van der Waals surface area contributed by atoms with Crippen LogP contribution >= 0.6 is 0 Å². The average molecular weight is 260 g/mol. The second-order valence-electron chi connectivity index (χ2n) is 5.67. The summed E-state index contributed by atoms with van der Waals surface area (Å²) in [7, 11) is 0. The fourth-order valence-corrected chi connectivity index (χ4v) is 3.38. The van der Waals surface area contributed by atoms with Crippen LogP contribution in [-0.2, 0) is 6.54 Å². The molecule has 1 atom stereocenters.